The smallest absolute Gasteiger partial charge is 0.258 e. The second-order valence-electron chi connectivity index (χ2n) is 5.67. The molecule has 0 bridgehead atoms. The van der Waals surface area contributed by atoms with Crippen LogP contribution in [0.4, 0.5) is 0 Å². The van der Waals surface area contributed by atoms with Gasteiger partial charge in [0.15, 0.2) is 6.61 Å². The summed E-state index contributed by atoms with van der Waals surface area (Å²) in [6, 6.07) is 12.5. The zero-order chi connectivity index (χ0) is 18.2. The van der Waals surface area contributed by atoms with Crippen molar-refractivity contribution in [3.63, 3.8) is 0 Å². The number of carbonyl (C=O) groups is 2. The number of aryl methyl sites for hydroxylation is 2. The summed E-state index contributed by atoms with van der Waals surface area (Å²) >= 11 is 5.85. The highest BCUT2D eigenvalue weighted by Crippen LogP contribution is 2.18. The van der Waals surface area contributed by atoms with Gasteiger partial charge in [-0.25, -0.2) is 0 Å². The van der Waals surface area contributed by atoms with Crippen molar-refractivity contribution in [1.82, 2.24) is 10.6 Å². The van der Waals surface area contributed by atoms with Gasteiger partial charge in [0.1, 0.15) is 5.75 Å². The minimum Gasteiger partial charge on any atom is -0.484 e. The van der Waals surface area contributed by atoms with E-state index in [1.807, 2.05) is 32.0 Å². The minimum atomic E-state index is -0.239. The first-order chi connectivity index (χ1) is 12.0. The molecule has 0 atom stereocenters. The van der Waals surface area contributed by atoms with E-state index in [1.165, 1.54) is 0 Å². The van der Waals surface area contributed by atoms with Crippen LogP contribution in [0.25, 0.3) is 0 Å². The lowest BCUT2D eigenvalue weighted by Gasteiger charge is -2.10. The fraction of sp³-hybridized carbons (Fsp3) is 0.263. The molecule has 0 aromatic heterocycles. The third-order valence-electron chi connectivity index (χ3n) is 3.51. The molecule has 132 valence electrons. The van der Waals surface area contributed by atoms with E-state index in [-0.39, 0.29) is 18.4 Å². The van der Waals surface area contributed by atoms with E-state index in [9.17, 15) is 9.59 Å². The van der Waals surface area contributed by atoms with Gasteiger partial charge in [0.25, 0.3) is 11.8 Å². The van der Waals surface area contributed by atoms with Crippen molar-refractivity contribution < 1.29 is 14.3 Å². The molecule has 2 N–H and O–H groups in total. The van der Waals surface area contributed by atoms with Gasteiger partial charge in [-0.3, -0.25) is 9.59 Å². The fourth-order valence-corrected chi connectivity index (χ4v) is 2.46. The Morgan fingerprint density at radius 1 is 1.04 bits per heavy atom. The van der Waals surface area contributed by atoms with Crippen LogP contribution in [0.3, 0.4) is 0 Å². The zero-order valence-electron chi connectivity index (χ0n) is 14.3. The van der Waals surface area contributed by atoms with Crippen molar-refractivity contribution in [1.29, 1.82) is 0 Å². The molecule has 2 aromatic carbocycles. The van der Waals surface area contributed by atoms with Crippen LogP contribution in [0.1, 0.15) is 21.5 Å². The summed E-state index contributed by atoms with van der Waals surface area (Å²) in [6.07, 6.45) is 0. The van der Waals surface area contributed by atoms with Crippen LogP contribution in [0.5, 0.6) is 5.75 Å². The van der Waals surface area contributed by atoms with E-state index in [0.29, 0.717) is 29.4 Å². The van der Waals surface area contributed by atoms with Crippen molar-refractivity contribution in [3.8, 4) is 5.75 Å². The van der Waals surface area contributed by atoms with Crippen LogP contribution < -0.4 is 15.4 Å². The van der Waals surface area contributed by atoms with E-state index in [4.69, 9.17) is 16.3 Å². The molecule has 0 fully saturated rings. The zero-order valence-corrected chi connectivity index (χ0v) is 15.0. The molecule has 0 saturated heterocycles. The second kappa shape index (κ2) is 9.08. The topological polar surface area (TPSA) is 67.4 Å². The Morgan fingerprint density at radius 2 is 1.80 bits per heavy atom. The number of amides is 2. The molecule has 2 aromatic rings. The van der Waals surface area contributed by atoms with E-state index in [0.717, 1.165) is 11.1 Å². The second-order valence-corrected chi connectivity index (χ2v) is 6.11. The average Bonchev–Trinajstić information content (AvgIpc) is 2.57. The van der Waals surface area contributed by atoms with Crippen LogP contribution in [-0.2, 0) is 4.79 Å². The molecule has 0 saturated carbocycles. The Morgan fingerprint density at radius 3 is 2.52 bits per heavy atom. The number of benzene rings is 2. The van der Waals surface area contributed by atoms with Crippen molar-refractivity contribution in [3.05, 3.63) is 64.2 Å². The summed E-state index contributed by atoms with van der Waals surface area (Å²) in [5.74, 6) is 0.218. The molecular formula is C19H21ClN2O3. The molecule has 6 heteroatoms. The average molecular weight is 361 g/mol. The Labute approximate surface area is 152 Å². The fourth-order valence-electron chi connectivity index (χ4n) is 2.27. The van der Waals surface area contributed by atoms with Gasteiger partial charge in [-0.15, -0.1) is 0 Å². The lowest BCUT2D eigenvalue weighted by molar-refractivity contribution is -0.123. The maximum Gasteiger partial charge on any atom is 0.258 e. The molecule has 0 heterocycles. The SMILES string of the molecule is Cc1ccc(OCC(=O)NCCNC(=O)c2cccc(Cl)c2)c(C)c1. The number of hydrogen-bond donors (Lipinski definition) is 2. The van der Waals surface area contributed by atoms with Crippen LogP contribution in [-0.4, -0.2) is 31.5 Å². The molecule has 2 rings (SSSR count). The van der Waals surface area contributed by atoms with Crippen molar-refractivity contribution >= 4 is 23.4 Å². The summed E-state index contributed by atoms with van der Waals surface area (Å²) < 4.78 is 5.50. The van der Waals surface area contributed by atoms with Crippen LogP contribution in [0.2, 0.25) is 5.02 Å². The van der Waals surface area contributed by atoms with Crippen LogP contribution in [0.15, 0.2) is 42.5 Å². The van der Waals surface area contributed by atoms with Crippen molar-refractivity contribution in [2.75, 3.05) is 19.7 Å². The summed E-state index contributed by atoms with van der Waals surface area (Å²) in [4.78, 5) is 23.7. The number of nitrogens with one attached hydrogen (secondary N) is 2. The Kier molecular flexibility index (Phi) is 6.83. The quantitative estimate of drug-likeness (QED) is 0.746. The molecule has 0 aliphatic heterocycles. The Balaban J connectivity index is 1.67. The summed E-state index contributed by atoms with van der Waals surface area (Å²) in [7, 11) is 0. The van der Waals surface area contributed by atoms with Gasteiger partial charge >= 0.3 is 0 Å². The maximum absolute atomic E-state index is 11.9. The third-order valence-corrected chi connectivity index (χ3v) is 3.74. The maximum atomic E-state index is 11.9. The third kappa shape index (κ3) is 6.12. The molecule has 0 aliphatic carbocycles. The number of hydrogen-bond acceptors (Lipinski definition) is 3. The summed E-state index contributed by atoms with van der Waals surface area (Å²) in [6.45, 7) is 4.51. The summed E-state index contributed by atoms with van der Waals surface area (Å²) in [5, 5.41) is 5.92. The summed E-state index contributed by atoms with van der Waals surface area (Å²) in [5.41, 5.74) is 2.61. The molecular weight excluding hydrogens is 340 g/mol. The molecule has 0 aliphatic rings. The van der Waals surface area contributed by atoms with Gasteiger partial charge in [-0.1, -0.05) is 35.4 Å². The molecule has 0 unspecified atom stereocenters. The van der Waals surface area contributed by atoms with E-state index < -0.39 is 0 Å². The number of carbonyl (C=O) groups excluding carboxylic acids is 2. The predicted molar refractivity (Wildman–Crippen MR) is 98.2 cm³/mol. The van der Waals surface area contributed by atoms with Crippen LogP contribution >= 0.6 is 11.6 Å². The Bertz CT molecular complexity index is 762. The monoisotopic (exact) mass is 360 g/mol. The minimum absolute atomic E-state index is 0.0634. The first kappa shape index (κ1) is 18.8. The van der Waals surface area contributed by atoms with Crippen LogP contribution in [0, 0.1) is 13.8 Å². The number of halogens is 1. The first-order valence-electron chi connectivity index (χ1n) is 7.96. The lowest BCUT2D eigenvalue weighted by atomic mass is 10.1. The normalized spacial score (nSPS) is 10.2. The predicted octanol–water partition coefficient (Wildman–Crippen LogP) is 2.88. The highest BCUT2D eigenvalue weighted by molar-refractivity contribution is 6.30. The molecule has 0 radical (unpaired) electrons. The number of rotatable bonds is 7. The molecule has 0 spiro atoms. The van der Waals surface area contributed by atoms with Crippen molar-refractivity contribution in [2.24, 2.45) is 0 Å². The van der Waals surface area contributed by atoms with Gasteiger partial charge in [0.05, 0.1) is 0 Å². The highest BCUT2D eigenvalue weighted by atomic mass is 35.5. The van der Waals surface area contributed by atoms with Gasteiger partial charge in [-0.2, -0.15) is 0 Å². The molecule has 5 nitrogen and oxygen atoms in total. The van der Waals surface area contributed by atoms with E-state index >= 15 is 0 Å². The van der Waals surface area contributed by atoms with Gasteiger partial charge in [0.2, 0.25) is 0 Å². The van der Waals surface area contributed by atoms with Gasteiger partial charge in [-0.05, 0) is 43.7 Å². The molecule has 2 amide bonds. The highest BCUT2D eigenvalue weighted by Gasteiger charge is 2.07. The number of ether oxygens (including phenoxy) is 1. The van der Waals surface area contributed by atoms with Gasteiger partial charge < -0.3 is 15.4 Å². The lowest BCUT2D eigenvalue weighted by Crippen LogP contribution is -2.36. The Hall–Kier alpha value is -2.53. The standard InChI is InChI=1S/C19H21ClN2O3/c1-13-6-7-17(14(2)10-13)25-12-18(23)21-8-9-22-19(24)15-4-3-5-16(20)11-15/h3-7,10-11H,8-9,12H2,1-2H3,(H,21,23)(H,22,24). The largest absolute Gasteiger partial charge is 0.484 e. The van der Waals surface area contributed by atoms with Crippen molar-refractivity contribution in [2.45, 2.75) is 13.8 Å². The van der Waals surface area contributed by atoms with Gasteiger partial charge in [0, 0.05) is 23.7 Å². The van der Waals surface area contributed by atoms with E-state index in [2.05, 4.69) is 10.6 Å². The van der Waals surface area contributed by atoms with E-state index in [1.54, 1.807) is 24.3 Å². The first-order valence-corrected chi connectivity index (χ1v) is 8.34. The molecule has 25 heavy (non-hydrogen) atoms.